The molecule has 1 aromatic heterocycles. The highest BCUT2D eigenvalue weighted by Crippen LogP contribution is 2.38. The fraction of sp³-hybridized carbons (Fsp3) is 0.0526. The summed E-state index contributed by atoms with van der Waals surface area (Å²) in [5, 5.41) is 1.06. The number of halogens is 1. The van der Waals surface area contributed by atoms with Crippen molar-refractivity contribution in [1.82, 2.24) is 4.98 Å². The van der Waals surface area contributed by atoms with E-state index in [9.17, 15) is 4.79 Å². The van der Waals surface area contributed by atoms with Gasteiger partial charge >= 0.3 is 0 Å². The number of aromatic nitrogens is 1. The van der Waals surface area contributed by atoms with Gasteiger partial charge in [0.05, 0.1) is 11.2 Å². The van der Waals surface area contributed by atoms with Crippen molar-refractivity contribution in [2.24, 2.45) is 0 Å². The van der Waals surface area contributed by atoms with Gasteiger partial charge in [-0.15, -0.1) is 0 Å². The van der Waals surface area contributed by atoms with E-state index in [1.165, 1.54) is 0 Å². The second kappa shape index (κ2) is 5.32. The van der Waals surface area contributed by atoms with Crippen LogP contribution >= 0.6 is 15.9 Å². The largest absolute Gasteiger partial charge is 0.311 e. The third-order valence-electron chi connectivity index (χ3n) is 4.11. The molecule has 2 heterocycles. The van der Waals surface area contributed by atoms with E-state index in [1.807, 2.05) is 54.6 Å². The maximum atomic E-state index is 12.6. The summed E-state index contributed by atoms with van der Waals surface area (Å²) in [6, 6.07) is 15.8. The van der Waals surface area contributed by atoms with Gasteiger partial charge in [-0.3, -0.25) is 9.78 Å². The van der Waals surface area contributed by atoms with Gasteiger partial charge in [0, 0.05) is 39.8 Å². The summed E-state index contributed by atoms with van der Waals surface area (Å²) in [4.78, 5) is 18.8. The zero-order valence-corrected chi connectivity index (χ0v) is 14.0. The quantitative estimate of drug-likeness (QED) is 0.595. The monoisotopic (exact) mass is 364 g/mol. The van der Waals surface area contributed by atoms with Gasteiger partial charge in [0.1, 0.15) is 0 Å². The van der Waals surface area contributed by atoms with Crippen LogP contribution in [-0.2, 0) is 4.79 Å². The van der Waals surface area contributed by atoms with Gasteiger partial charge in [-0.05, 0) is 30.3 Å². The standard InChI is InChI=1S/C19H13BrN2O/c1-22-17-8-7-14(20)11-15(17)16(19(22)23)10-13-5-2-4-12-6-3-9-21-18(12)13/h2-11H,1H3/b16-10-. The Morgan fingerprint density at radius 2 is 1.96 bits per heavy atom. The van der Waals surface area contributed by atoms with Crippen LogP contribution in [-0.4, -0.2) is 17.9 Å². The predicted octanol–water partition coefficient (Wildman–Crippen LogP) is 4.51. The van der Waals surface area contributed by atoms with Crippen LogP contribution in [0.2, 0.25) is 0 Å². The van der Waals surface area contributed by atoms with Crippen molar-refractivity contribution in [2.75, 3.05) is 11.9 Å². The van der Waals surface area contributed by atoms with E-state index in [1.54, 1.807) is 18.1 Å². The Kier molecular flexibility index (Phi) is 3.27. The first kappa shape index (κ1) is 14.2. The lowest BCUT2D eigenvalue weighted by molar-refractivity contribution is -0.112. The first-order chi connectivity index (χ1) is 11.1. The zero-order valence-electron chi connectivity index (χ0n) is 12.5. The Bertz CT molecular complexity index is 973. The molecule has 0 N–H and O–H groups in total. The van der Waals surface area contributed by atoms with Crippen molar-refractivity contribution in [3.05, 3.63) is 70.3 Å². The molecule has 3 nitrogen and oxygen atoms in total. The molecule has 4 rings (SSSR count). The summed E-state index contributed by atoms with van der Waals surface area (Å²) in [5.74, 6) is 0.00559. The maximum Gasteiger partial charge on any atom is 0.258 e. The Hall–Kier alpha value is -2.46. The van der Waals surface area contributed by atoms with Gasteiger partial charge in [-0.25, -0.2) is 0 Å². The Balaban J connectivity index is 1.95. The first-order valence-corrected chi connectivity index (χ1v) is 8.08. The number of rotatable bonds is 1. The molecule has 1 amide bonds. The molecule has 3 aromatic rings. The zero-order chi connectivity index (χ0) is 16.0. The number of fused-ring (bicyclic) bond motifs is 2. The minimum Gasteiger partial charge on any atom is -0.311 e. The predicted molar refractivity (Wildman–Crippen MR) is 97.2 cm³/mol. The van der Waals surface area contributed by atoms with Crippen LogP contribution < -0.4 is 4.90 Å². The Labute approximate surface area is 142 Å². The van der Waals surface area contributed by atoms with Gasteiger partial charge in [-0.2, -0.15) is 0 Å². The van der Waals surface area contributed by atoms with Crippen LogP contribution in [0.1, 0.15) is 11.1 Å². The second-order valence-electron chi connectivity index (χ2n) is 5.51. The van der Waals surface area contributed by atoms with Crippen molar-refractivity contribution in [2.45, 2.75) is 0 Å². The third-order valence-corrected chi connectivity index (χ3v) is 4.60. The van der Waals surface area contributed by atoms with E-state index in [-0.39, 0.29) is 5.91 Å². The van der Waals surface area contributed by atoms with Gasteiger partial charge in [-0.1, -0.05) is 40.2 Å². The normalized spacial score (nSPS) is 15.5. The fourth-order valence-corrected chi connectivity index (χ4v) is 3.32. The smallest absolute Gasteiger partial charge is 0.258 e. The van der Waals surface area contributed by atoms with E-state index in [0.29, 0.717) is 5.57 Å². The Morgan fingerprint density at radius 3 is 2.83 bits per heavy atom. The van der Waals surface area contributed by atoms with Crippen LogP contribution in [0.4, 0.5) is 5.69 Å². The number of pyridine rings is 1. The summed E-state index contributed by atoms with van der Waals surface area (Å²) in [7, 11) is 1.80. The van der Waals surface area contributed by atoms with E-state index >= 15 is 0 Å². The molecule has 23 heavy (non-hydrogen) atoms. The highest BCUT2D eigenvalue weighted by atomic mass is 79.9. The van der Waals surface area contributed by atoms with Crippen molar-refractivity contribution in [3.8, 4) is 0 Å². The summed E-state index contributed by atoms with van der Waals surface area (Å²) < 4.78 is 0.960. The van der Waals surface area contributed by atoms with Crippen LogP contribution in [0.3, 0.4) is 0 Å². The van der Waals surface area contributed by atoms with Crippen LogP contribution in [0.15, 0.2) is 59.2 Å². The molecule has 0 radical (unpaired) electrons. The molecular weight excluding hydrogens is 352 g/mol. The number of amides is 1. The summed E-state index contributed by atoms with van der Waals surface area (Å²) in [5.41, 5.74) is 4.42. The fourth-order valence-electron chi connectivity index (χ4n) is 2.96. The molecular formula is C19H13BrN2O. The average molecular weight is 365 g/mol. The number of hydrogen-bond donors (Lipinski definition) is 0. The first-order valence-electron chi connectivity index (χ1n) is 7.28. The molecule has 0 atom stereocenters. The SMILES string of the molecule is CN1C(=O)/C(=C\c2cccc3cccnc23)c2cc(Br)ccc21. The van der Waals surface area contributed by atoms with Gasteiger partial charge in [0.15, 0.2) is 0 Å². The average Bonchev–Trinajstić information content (AvgIpc) is 2.80. The lowest BCUT2D eigenvalue weighted by atomic mass is 10.0. The molecule has 0 unspecified atom stereocenters. The molecule has 1 aliphatic rings. The molecule has 2 aromatic carbocycles. The molecule has 0 aliphatic carbocycles. The molecule has 0 saturated carbocycles. The number of nitrogens with zero attached hydrogens (tertiary/aromatic N) is 2. The number of benzene rings is 2. The number of carbonyl (C=O) groups excluding carboxylic acids is 1. The van der Waals surface area contributed by atoms with Gasteiger partial charge in [0.2, 0.25) is 0 Å². The third kappa shape index (κ3) is 2.26. The second-order valence-corrected chi connectivity index (χ2v) is 6.42. The van der Waals surface area contributed by atoms with Gasteiger partial charge in [0.25, 0.3) is 5.91 Å². The lowest BCUT2D eigenvalue weighted by Gasteiger charge is -2.08. The van der Waals surface area contributed by atoms with Crippen LogP contribution in [0, 0.1) is 0 Å². The highest BCUT2D eigenvalue weighted by molar-refractivity contribution is 9.10. The van der Waals surface area contributed by atoms with E-state index in [2.05, 4.69) is 20.9 Å². The molecule has 0 spiro atoms. The summed E-state index contributed by atoms with van der Waals surface area (Å²) in [6.07, 6.45) is 3.71. The van der Waals surface area contributed by atoms with E-state index < -0.39 is 0 Å². The van der Waals surface area contributed by atoms with Crippen molar-refractivity contribution in [3.63, 3.8) is 0 Å². The molecule has 0 bridgehead atoms. The van der Waals surface area contributed by atoms with Crippen LogP contribution in [0.5, 0.6) is 0 Å². The van der Waals surface area contributed by atoms with Crippen molar-refractivity contribution in [1.29, 1.82) is 0 Å². The topological polar surface area (TPSA) is 33.2 Å². The van der Waals surface area contributed by atoms with E-state index in [0.717, 1.165) is 32.2 Å². The van der Waals surface area contributed by atoms with Crippen molar-refractivity contribution >= 4 is 50.1 Å². The lowest BCUT2D eigenvalue weighted by Crippen LogP contribution is -2.20. The number of hydrogen-bond acceptors (Lipinski definition) is 2. The van der Waals surface area contributed by atoms with Gasteiger partial charge < -0.3 is 4.90 Å². The molecule has 1 aliphatic heterocycles. The summed E-state index contributed by atoms with van der Waals surface area (Å²) >= 11 is 3.49. The molecule has 4 heteroatoms. The molecule has 0 fully saturated rings. The molecule has 112 valence electrons. The van der Waals surface area contributed by atoms with E-state index in [4.69, 9.17) is 0 Å². The summed E-state index contributed by atoms with van der Waals surface area (Å²) in [6.45, 7) is 0. The molecule has 0 saturated heterocycles. The number of likely N-dealkylation sites (N-methyl/N-ethyl adjacent to an activating group) is 1. The number of carbonyl (C=O) groups is 1. The minimum atomic E-state index is 0.00559. The number of anilines is 1. The Morgan fingerprint density at radius 1 is 1.13 bits per heavy atom. The van der Waals surface area contributed by atoms with Crippen LogP contribution in [0.25, 0.3) is 22.6 Å². The number of para-hydroxylation sites is 1. The highest BCUT2D eigenvalue weighted by Gasteiger charge is 2.29. The minimum absolute atomic E-state index is 0.00559. The maximum absolute atomic E-state index is 12.6. The van der Waals surface area contributed by atoms with Crippen molar-refractivity contribution < 1.29 is 4.79 Å².